The minimum absolute atomic E-state index is 0.0331. The first-order valence-corrected chi connectivity index (χ1v) is 7.26. The summed E-state index contributed by atoms with van der Waals surface area (Å²) in [6.45, 7) is 4.14. The van der Waals surface area contributed by atoms with E-state index in [9.17, 15) is 9.59 Å². The van der Waals surface area contributed by atoms with Crippen LogP contribution < -0.4 is 10.5 Å². The van der Waals surface area contributed by atoms with Crippen molar-refractivity contribution in [2.24, 2.45) is 0 Å². The largest absolute Gasteiger partial charge is 0.356 e. The molecule has 3 rings (SSSR count). The van der Waals surface area contributed by atoms with Crippen LogP contribution in [0.25, 0.3) is 0 Å². The number of nitrogens with one attached hydrogen (secondary N) is 1. The molecule has 1 aromatic carbocycles. The molecule has 0 unspecified atom stereocenters. The predicted octanol–water partition coefficient (Wildman–Crippen LogP) is 0.927. The highest BCUT2D eigenvalue weighted by Crippen LogP contribution is 2.15. The zero-order chi connectivity index (χ0) is 15.5. The second-order valence-electron chi connectivity index (χ2n) is 5.43. The topological polar surface area (TPSA) is 69.3 Å². The Morgan fingerprint density at radius 1 is 1.18 bits per heavy atom. The Labute approximate surface area is 128 Å². The number of hydrogen-bond donors (Lipinski definition) is 1. The van der Waals surface area contributed by atoms with E-state index < -0.39 is 0 Å². The maximum absolute atomic E-state index is 12.4. The molecule has 1 aromatic heterocycles. The number of carbonyl (C=O) groups excluding carboxylic acids is 1. The zero-order valence-electron chi connectivity index (χ0n) is 12.5. The number of H-pyrrole nitrogens is 1. The number of piperazine rings is 1. The molecule has 0 bridgehead atoms. The van der Waals surface area contributed by atoms with E-state index in [1.54, 1.807) is 11.0 Å². The van der Waals surface area contributed by atoms with Crippen molar-refractivity contribution < 1.29 is 4.79 Å². The summed E-state index contributed by atoms with van der Waals surface area (Å²) in [6.07, 6.45) is 1.53. The minimum atomic E-state index is -0.261. The molecule has 1 fully saturated rings. The van der Waals surface area contributed by atoms with Gasteiger partial charge in [0.1, 0.15) is 5.69 Å². The molecule has 1 N–H and O–H groups in total. The van der Waals surface area contributed by atoms with Crippen molar-refractivity contribution in [3.05, 3.63) is 58.0 Å². The first-order chi connectivity index (χ1) is 10.6. The number of hydrogen-bond acceptors (Lipinski definition) is 4. The van der Waals surface area contributed by atoms with Crippen molar-refractivity contribution >= 4 is 11.6 Å². The van der Waals surface area contributed by atoms with E-state index in [4.69, 9.17) is 0 Å². The monoisotopic (exact) mass is 298 g/mol. The second-order valence-corrected chi connectivity index (χ2v) is 5.43. The second kappa shape index (κ2) is 6.01. The Balaban J connectivity index is 1.71. The number of nitrogens with zero attached hydrogens (tertiary/aromatic N) is 3. The highest BCUT2D eigenvalue weighted by atomic mass is 16.2. The lowest BCUT2D eigenvalue weighted by atomic mass is 10.1. The number of amides is 1. The van der Waals surface area contributed by atoms with E-state index in [1.807, 2.05) is 36.1 Å². The third kappa shape index (κ3) is 2.86. The van der Waals surface area contributed by atoms with E-state index in [0.29, 0.717) is 25.3 Å². The number of aromatic amines is 1. The Kier molecular flexibility index (Phi) is 3.91. The molecule has 1 aliphatic rings. The van der Waals surface area contributed by atoms with Crippen LogP contribution in [0.15, 0.2) is 41.3 Å². The van der Waals surface area contributed by atoms with Crippen LogP contribution in [0.4, 0.5) is 5.69 Å². The predicted molar refractivity (Wildman–Crippen MR) is 83.7 cm³/mol. The number of carbonyl (C=O) groups is 1. The van der Waals surface area contributed by atoms with Crippen LogP contribution in [-0.4, -0.2) is 40.6 Å². The fraction of sp³-hybridized carbons (Fsp3) is 0.312. The van der Waals surface area contributed by atoms with Crippen molar-refractivity contribution in [3.63, 3.8) is 0 Å². The maximum Gasteiger partial charge on any atom is 0.287 e. The Bertz CT molecular complexity index is 741. The Morgan fingerprint density at radius 2 is 2.00 bits per heavy atom. The van der Waals surface area contributed by atoms with Gasteiger partial charge in [-0.15, -0.1) is 0 Å². The average Bonchev–Trinajstić information content (AvgIpc) is 2.52. The highest BCUT2D eigenvalue weighted by molar-refractivity contribution is 5.82. The number of anilines is 1. The highest BCUT2D eigenvalue weighted by Gasteiger charge is 2.25. The lowest BCUT2D eigenvalue weighted by molar-refractivity contribution is -0.131. The first-order valence-electron chi connectivity index (χ1n) is 7.26. The molecule has 1 aliphatic heterocycles. The summed E-state index contributed by atoms with van der Waals surface area (Å²) >= 11 is 0. The summed E-state index contributed by atoms with van der Waals surface area (Å²) in [7, 11) is 0. The number of rotatable bonds is 3. The third-order valence-corrected chi connectivity index (χ3v) is 3.99. The standard InChI is InChI=1S/C16H18N4O2/c1-12-4-2-3-5-13(12)10-20-9-8-19(11-15(20)21)14-6-7-17-18-16(14)22/h2-7H,8-11H2,1H3,(H,18,22). The lowest BCUT2D eigenvalue weighted by Gasteiger charge is -2.35. The van der Waals surface area contributed by atoms with Gasteiger partial charge in [-0.1, -0.05) is 24.3 Å². The molecular weight excluding hydrogens is 280 g/mol. The summed E-state index contributed by atoms with van der Waals surface area (Å²) in [4.78, 5) is 27.8. The van der Waals surface area contributed by atoms with Crippen LogP contribution >= 0.6 is 0 Å². The number of aryl methyl sites for hydroxylation is 1. The Morgan fingerprint density at radius 3 is 2.73 bits per heavy atom. The van der Waals surface area contributed by atoms with Crippen molar-refractivity contribution in [2.75, 3.05) is 24.5 Å². The van der Waals surface area contributed by atoms with Crippen LogP contribution in [0.2, 0.25) is 0 Å². The van der Waals surface area contributed by atoms with E-state index in [-0.39, 0.29) is 18.0 Å². The van der Waals surface area contributed by atoms with Gasteiger partial charge in [0.05, 0.1) is 6.54 Å². The van der Waals surface area contributed by atoms with Gasteiger partial charge in [0.15, 0.2) is 0 Å². The van der Waals surface area contributed by atoms with Crippen molar-refractivity contribution in [2.45, 2.75) is 13.5 Å². The fourth-order valence-electron chi connectivity index (χ4n) is 2.66. The third-order valence-electron chi connectivity index (χ3n) is 3.99. The molecule has 1 amide bonds. The lowest BCUT2D eigenvalue weighted by Crippen LogP contribution is -2.51. The summed E-state index contributed by atoms with van der Waals surface area (Å²) in [6, 6.07) is 9.71. The van der Waals surface area contributed by atoms with E-state index in [1.165, 1.54) is 11.8 Å². The smallest absolute Gasteiger partial charge is 0.287 e. The van der Waals surface area contributed by atoms with Crippen LogP contribution in [0, 0.1) is 6.92 Å². The molecule has 114 valence electrons. The molecule has 0 aliphatic carbocycles. The molecule has 0 spiro atoms. The van der Waals surface area contributed by atoms with Gasteiger partial charge < -0.3 is 9.80 Å². The van der Waals surface area contributed by atoms with Gasteiger partial charge in [0.25, 0.3) is 5.56 Å². The fourth-order valence-corrected chi connectivity index (χ4v) is 2.66. The van der Waals surface area contributed by atoms with Crippen LogP contribution in [-0.2, 0) is 11.3 Å². The van der Waals surface area contributed by atoms with Gasteiger partial charge in [-0.2, -0.15) is 5.10 Å². The molecule has 1 saturated heterocycles. The van der Waals surface area contributed by atoms with Gasteiger partial charge in [0.2, 0.25) is 5.91 Å². The van der Waals surface area contributed by atoms with Gasteiger partial charge in [-0.05, 0) is 24.1 Å². The summed E-state index contributed by atoms with van der Waals surface area (Å²) in [5.74, 6) is 0.0331. The molecule has 2 heterocycles. The molecule has 0 atom stereocenters. The van der Waals surface area contributed by atoms with Crippen molar-refractivity contribution in [3.8, 4) is 0 Å². The number of benzene rings is 1. The first kappa shape index (κ1) is 14.3. The zero-order valence-corrected chi connectivity index (χ0v) is 12.5. The normalized spacial score (nSPS) is 15.2. The summed E-state index contributed by atoms with van der Waals surface area (Å²) in [5, 5.41) is 6.08. The van der Waals surface area contributed by atoms with Crippen LogP contribution in [0.1, 0.15) is 11.1 Å². The molecule has 0 saturated carbocycles. The SMILES string of the molecule is Cc1ccccc1CN1CCN(c2ccn[nH]c2=O)CC1=O. The molecule has 6 nitrogen and oxygen atoms in total. The van der Waals surface area contributed by atoms with Crippen LogP contribution in [0.5, 0.6) is 0 Å². The van der Waals surface area contributed by atoms with Gasteiger partial charge in [-0.3, -0.25) is 9.59 Å². The molecular formula is C16H18N4O2. The van der Waals surface area contributed by atoms with E-state index >= 15 is 0 Å². The number of aromatic nitrogens is 2. The van der Waals surface area contributed by atoms with E-state index in [0.717, 1.165) is 5.56 Å². The van der Waals surface area contributed by atoms with E-state index in [2.05, 4.69) is 10.2 Å². The quantitative estimate of drug-likeness (QED) is 0.915. The molecule has 0 radical (unpaired) electrons. The average molecular weight is 298 g/mol. The van der Waals surface area contributed by atoms with Gasteiger partial charge in [-0.25, -0.2) is 5.10 Å². The Hall–Kier alpha value is -2.63. The van der Waals surface area contributed by atoms with Gasteiger partial charge in [0, 0.05) is 25.8 Å². The van der Waals surface area contributed by atoms with Crippen LogP contribution in [0.3, 0.4) is 0 Å². The summed E-state index contributed by atoms with van der Waals surface area (Å²) in [5.41, 5.74) is 2.58. The van der Waals surface area contributed by atoms with Gasteiger partial charge >= 0.3 is 0 Å². The summed E-state index contributed by atoms with van der Waals surface area (Å²) < 4.78 is 0. The maximum atomic E-state index is 12.4. The molecule has 22 heavy (non-hydrogen) atoms. The molecule has 2 aromatic rings. The minimum Gasteiger partial charge on any atom is -0.356 e. The molecule has 6 heteroatoms. The van der Waals surface area contributed by atoms with Crippen molar-refractivity contribution in [1.29, 1.82) is 0 Å². The van der Waals surface area contributed by atoms with Crippen molar-refractivity contribution in [1.82, 2.24) is 15.1 Å².